The summed E-state index contributed by atoms with van der Waals surface area (Å²) in [6.07, 6.45) is 1.43. The van der Waals surface area contributed by atoms with E-state index in [9.17, 15) is 14.9 Å². The minimum absolute atomic E-state index is 0.0238. The molecular weight excluding hydrogens is 302 g/mol. The first kappa shape index (κ1) is 14.1. The molecule has 2 aromatic rings. The van der Waals surface area contributed by atoms with Gasteiger partial charge in [-0.1, -0.05) is 11.3 Å². The van der Waals surface area contributed by atoms with Gasteiger partial charge < -0.3 is 5.73 Å². The standard InChI is InChI=1S/C10H9N5O3S2/c11-10-13-6(5-19-10)3-8(16)14-12-4-7-1-2-9(20-7)15(17)18/h1-2,4-5H,3H2,(H2,11,13)(H,14,16). The average molecular weight is 311 g/mol. The Morgan fingerprint density at radius 2 is 2.40 bits per heavy atom. The zero-order valence-corrected chi connectivity index (χ0v) is 11.6. The van der Waals surface area contributed by atoms with E-state index >= 15 is 0 Å². The van der Waals surface area contributed by atoms with Crippen molar-refractivity contribution in [3.8, 4) is 0 Å². The second kappa shape index (κ2) is 6.21. The molecule has 20 heavy (non-hydrogen) atoms. The molecule has 0 aliphatic rings. The molecule has 0 saturated carbocycles. The van der Waals surface area contributed by atoms with Crippen LogP contribution in [0.1, 0.15) is 10.6 Å². The Hall–Kier alpha value is -2.33. The lowest BCUT2D eigenvalue weighted by Gasteiger charge is -1.95. The predicted molar refractivity (Wildman–Crippen MR) is 76.9 cm³/mol. The minimum atomic E-state index is -0.479. The van der Waals surface area contributed by atoms with Crippen LogP contribution in [0.3, 0.4) is 0 Å². The van der Waals surface area contributed by atoms with E-state index < -0.39 is 4.92 Å². The number of amides is 1. The number of rotatable bonds is 5. The van der Waals surface area contributed by atoms with Gasteiger partial charge in [0.05, 0.1) is 28.1 Å². The van der Waals surface area contributed by atoms with Gasteiger partial charge in [0.1, 0.15) is 0 Å². The SMILES string of the molecule is Nc1nc(CC(=O)NN=Cc2ccc([N+](=O)[O-])s2)cs1. The van der Waals surface area contributed by atoms with Crippen LogP contribution in [0.2, 0.25) is 0 Å². The summed E-state index contributed by atoms with van der Waals surface area (Å²) < 4.78 is 0. The fourth-order valence-corrected chi connectivity index (χ4v) is 2.54. The van der Waals surface area contributed by atoms with Crippen molar-refractivity contribution in [2.24, 2.45) is 5.10 Å². The van der Waals surface area contributed by atoms with E-state index in [0.717, 1.165) is 11.3 Å². The zero-order chi connectivity index (χ0) is 14.5. The highest BCUT2D eigenvalue weighted by Crippen LogP contribution is 2.22. The molecule has 0 radical (unpaired) electrons. The number of hydrogen-bond acceptors (Lipinski definition) is 8. The van der Waals surface area contributed by atoms with Crippen molar-refractivity contribution in [2.45, 2.75) is 6.42 Å². The van der Waals surface area contributed by atoms with Crippen molar-refractivity contribution < 1.29 is 9.72 Å². The number of thiazole rings is 1. The number of nitro groups is 1. The average Bonchev–Trinajstić information content (AvgIpc) is 2.99. The predicted octanol–water partition coefficient (Wildman–Crippen LogP) is 1.39. The molecule has 0 bridgehead atoms. The molecule has 3 N–H and O–H groups in total. The van der Waals surface area contributed by atoms with E-state index in [1.54, 1.807) is 11.4 Å². The Balaban J connectivity index is 1.86. The largest absolute Gasteiger partial charge is 0.375 e. The van der Waals surface area contributed by atoms with Crippen molar-refractivity contribution >= 4 is 44.9 Å². The number of nitrogen functional groups attached to an aromatic ring is 1. The molecule has 0 saturated heterocycles. The second-order valence-corrected chi connectivity index (χ2v) is 5.56. The molecule has 0 atom stereocenters. The molecule has 10 heteroatoms. The van der Waals surface area contributed by atoms with Gasteiger partial charge in [-0.2, -0.15) is 5.10 Å². The number of hydrazone groups is 1. The van der Waals surface area contributed by atoms with Crippen molar-refractivity contribution in [1.29, 1.82) is 0 Å². The molecule has 2 aromatic heterocycles. The van der Waals surface area contributed by atoms with Gasteiger partial charge in [0.25, 0.3) is 0 Å². The third-order valence-electron chi connectivity index (χ3n) is 2.08. The van der Waals surface area contributed by atoms with Gasteiger partial charge in [0.2, 0.25) is 5.91 Å². The summed E-state index contributed by atoms with van der Waals surface area (Å²) in [4.78, 5) is 26.1. The van der Waals surface area contributed by atoms with Gasteiger partial charge >= 0.3 is 5.00 Å². The van der Waals surface area contributed by atoms with E-state index in [1.807, 2.05) is 0 Å². The van der Waals surface area contributed by atoms with Gasteiger partial charge in [-0.25, -0.2) is 10.4 Å². The van der Waals surface area contributed by atoms with Crippen LogP contribution in [0.15, 0.2) is 22.6 Å². The number of carbonyl (C=O) groups is 1. The highest BCUT2D eigenvalue weighted by Gasteiger charge is 2.08. The number of nitrogens with zero attached hydrogens (tertiary/aromatic N) is 3. The molecule has 1 amide bonds. The van der Waals surface area contributed by atoms with Crippen molar-refractivity contribution in [2.75, 3.05) is 5.73 Å². The highest BCUT2D eigenvalue weighted by molar-refractivity contribution is 7.16. The van der Waals surface area contributed by atoms with E-state index in [2.05, 4.69) is 15.5 Å². The molecule has 0 spiro atoms. The van der Waals surface area contributed by atoms with Crippen molar-refractivity contribution in [3.63, 3.8) is 0 Å². The van der Waals surface area contributed by atoms with E-state index in [4.69, 9.17) is 5.73 Å². The minimum Gasteiger partial charge on any atom is -0.375 e. The van der Waals surface area contributed by atoms with Crippen LogP contribution in [0.5, 0.6) is 0 Å². The van der Waals surface area contributed by atoms with Crippen LogP contribution in [-0.2, 0) is 11.2 Å². The van der Waals surface area contributed by atoms with Crippen LogP contribution in [0, 0.1) is 10.1 Å². The molecule has 0 fully saturated rings. The smallest absolute Gasteiger partial charge is 0.324 e. The normalized spacial score (nSPS) is 10.8. The maximum absolute atomic E-state index is 11.5. The van der Waals surface area contributed by atoms with Crippen molar-refractivity contribution in [3.05, 3.63) is 38.2 Å². The van der Waals surface area contributed by atoms with Gasteiger partial charge in [0, 0.05) is 11.4 Å². The van der Waals surface area contributed by atoms with Gasteiger partial charge in [-0.15, -0.1) is 11.3 Å². The summed E-state index contributed by atoms with van der Waals surface area (Å²) >= 11 is 2.23. The van der Waals surface area contributed by atoms with E-state index in [1.165, 1.54) is 23.6 Å². The summed E-state index contributed by atoms with van der Waals surface area (Å²) in [5.41, 5.74) is 8.34. The number of nitrogens with one attached hydrogen (secondary N) is 1. The molecule has 0 unspecified atom stereocenters. The lowest BCUT2D eigenvalue weighted by Crippen LogP contribution is -2.19. The lowest BCUT2D eigenvalue weighted by molar-refractivity contribution is -0.380. The molecule has 104 valence electrons. The summed E-state index contributed by atoms with van der Waals surface area (Å²) in [5, 5.41) is 16.3. The van der Waals surface area contributed by atoms with Gasteiger partial charge in [-0.3, -0.25) is 14.9 Å². The third kappa shape index (κ3) is 3.83. The zero-order valence-electron chi connectivity index (χ0n) is 9.98. The Labute approximate surface area is 121 Å². The first-order valence-corrected chi connectivity index (χ1v) is 7.00. The van der Waals surface area contributed by atoms with Crippen LogP contribution < -0.4 is 11.2 Å². The third-order valence-corrected chi connectivity index (χ3v) is 3.78. The number of thiophene rings is 1. The highest BCUT2D eigenvalue weighted by atomic mass is 32.1. The molecule has 0 aliphatic heterocycles. The fraction of sp³-hybridized carbons (Fsp3) is 0.100. The number of carbonyl (C=O) groups excluding carboxylic acids is 1. The first-order valence-electron chi connectivity index (χ1n) is 5.30. The molecule has 0 aromatic carbocycles. The quantitative estimate of drug-likeness (QED) is 0.490. The Bertz CT molecular complexity index is 663. The van der Waals surface area contributed by atoms with Crippen molar-refractivity contribution in [1.82, 2.24) is 10.4 Å². The molecular formula is C10H9N5O3S2. The topological polar surface area (TPSA) is 124 Å². The van der Waals surface area contributed by atoms with Gasteiger partial charge in [-0.05, 0) is 6.07 Å². The maximum Gasteiger partial charge on any atom is 0.324 e. The van der Waals surface area contributed by atoms with E-state index in [-0.39, 0.29) is 17.3 Å². The van der Waals surface area contributed by atoms with Crippen LogP contribution in [-0.4, -0.2) is 22.0 Å². The van der Waals surface area contributed by atoms with Gasteiger partial charge in [0.15, 0.2) is 5.13 Å². The number of anilines is 1. The van der Waals surface area contributed by atoms with Crippen LogP contribution >= 0.6 is 22.7 Å². The summed E-state index contributed by atoms with van der Waals surface area (Å²) in [6.45, 7) is 0. The second-order valence-electron chi connectivity index (χ2n) is 3.58. The Kier molecular flexibility index (Phi) is 4.38. The number of hydrogen-bond donors (Lipinski definition) is 2. The number of aromatic nitrogens is 1. The summed E-state index contributed by atoms with van der Waals surface area (Å²) in [5.74, 6) is -0.336. The summed E-state index contributed by atoms with van der Waals surface area (Å²) in [6, 6.07) is 2.94. The maximum atomic E-state index is 11.5. The van der Waals surface area contributed by atoms with Crippen LogP contribution in [0.25, 0.3) is 0 Å². The lowest BCUT2D eigenvalue weighted by atomic mass is 10.3. The fourth-order valence-electron chi connectivity index (χ4n) is 1.29. The molecule has 2 rings (SSSR count). The first-order chi connectivity index (χ1) is 9.54. The Morgan fingerprint density at radius 3 is 3.00 bits per heavy atom. The Morgan fingerprint density at radius 1 is 1.60 bits per heavy atom. The molecule has 2 heterocycles. The molecule has 8 nitrogen and oxygen atoms in total. The van der Waals surface area contributed by atoms with Crippen LogP contribution in [0.4, 0.5) is 10.1 Å². The summed E-state index contributed by atoms with van der Waals surface area (Å²) in [7, 11) is 0. The van der Waals surface area contributed by atoms with E-state index in [0.29, 0.717) is 15.7 Å². The molecule has 0 aliphatic carbocycles. The number of nitrogens with two attached hydrogens (primary N) is 1. The monoisotopic (exact) mass is 311 g/mol.